The first kappa shape index (κ1) is 18.5. The number of hydrazine groups is 1. The molecule has 0 radical (unpaired) electrons. The first-order chi connectivity index (χ1) is 12.8. The lowest BCUT2D eigenvalue weighted by molar-refractivity contribution is -0.121. The molecule has 3 rings (SSSR count). The molecule has 0 aliphatic heterocycles. The zero-order valence-electron chi connectivity index (χ0n) is 15.2. The van der Waals surface area contributed by atoms with Crippen molar-refractivity contribution in [2.24, 2.45) is 0 Å². The van der Waals surface area contributed by atoms with Crippen LogP contribution in [0.15, 0.2) is 34.9 Å². The Morgan fingerprint density at radius 1 is 1.19 bits per heavy atom. The van der Waals surface area contributed by atoms with Crippen LogP contribution in [0, 0.1) is 12.7 Å². The molecular weight excluding hydrogens is 351 g/mol. The lowest BCUT2D eigenvalue weighted by Gasteiger charge is -2.10. The molecule has 2 heterocycles. The Balaban J connectivity index is 1.74. The van der Waals surface area contributed by atoms with Gasteiger partial charge in [-0.3, -0.25) is 20.4 Å². The van der Waals surface area contributed by atoms with Crippen molar-refractivity contribution in [3.8, 4) is 0 Å². The molecule has 140 valence electrons. The highest BCUT2D eigenvalue weighted by molar-refractivity contribution is 6.06. The van der Waals surface area contributed by atoms with Crippen LogP contribution in [0.2, 0.25) is 0 Å². The van der Waals surface area contributed by atoms with Gasteiger partial charge in [-0.2, -0.15) is 0 Å². The molecule has 0 aliphatic rings. The molecule has 0 atom stereocenters. The predicted octanol–water partition coefficient (Wildman–Crippen LogP) is 2.80. The van der Waals surface area contributed by atoms with Crippen molar-refractivity contribution in [1.29, 1.82) is 0 Å². The molecule has 2 N–H and O–H groups in total. The number of halogens is 1. The summed E-state index contributed by atoms with van der Waals surface area (Å²) in [5, 5.41) is 4.37. The Kier molecular flexibility index (Phi) is 5.16. The summed E-state index contributed by atoms with van der Waals surface area (Å²) in [7, 11) is 0. The summed E-state index contributed by atoms with van der Waals surface area (Å²) in [5.41, 5.74) is 7.21. The van der Waals surface area contributed by atoms with Crippen LogP contribution in [0.1, 0.15) is 47.1 Å². The number of aryl methyl sites for hydroxylation is 1. The summed E-state index contributed by atoms with van der Waals surface area (Å²) in [6.07, 6.45) is 0.00978. The SMILES string of the molecule is Cc1noc2nc(C(C)C)cc(C(=O)NNC(=O)Cc3ccc(F)cc3)c12. The van der Waals surface area contributed by atoms with Gasteiger partial charge in [0.1, 0.15) is 5.82 Å². The molecule has 3 aromatic rings. The molecule has 7 nitrogen and oxygen atoms in total. The van der Waals surface area contributed by atoms with E-state index in [1.807, 2.05) is 13.8 Å². The van der Waals surface area contributed by atoms with Gasteiger partial charge in [0, 0.05) is 5.69 Å². The van der Waals surface area contributed by atoms with Gasteiger partial charge >= 0.3 is 0 Å². The Hall–Kier alpha value is -3.29. The van der Waals surface area contributed by atoms with Gasteiger partial charge in [-0.1, -0.05) is 31.1 Å². The summed E-state index contributed by atoms with van der Waals surface area (Å²) >= 11 is 0. The number of hydrogen-bond donors (Lipinski definition) is 2. The molecule has 8 heteroatoms. The highest BCUT2D eigenvalue weighted by Crippen LogP contribution is 2.24. The minimum atomic E-state index is -0.497. The number of carbonyl (C=O) groups is 2. The number of fused-ring (bicyclic) bond motifs is 1. The third-order valence-corrected chi connectivity index (χ3v) is 4.07. The van der Waals surface area contributed by atoms with E-state index in [1.54, 1.807) is 13.0 Å². The highest BCUT2D eigenvalue weighted by atomic mass is 19.1. The van der Waals surface area contributed by atoms with Gasteiger partial charge in [0.05, 0.1) is 23.1 Å². The summed E-state index contributed by atoms with van der Waals surface area (Å²) in [4.78, 5) is 29.0. The Bertz CT molecular complexity index is 996. The van der Waals surface area contributed by atoms with E-state index in [0.717, 1.165) is 0 Å². The smallest absolute Gasteiger partial charge is 0.270 e. The molecule has 27 heavy (non-hydrogen) atoms. The second-order valence-corrected chi connectivity index (χ2v) is 6.50. The lowest BCUT2D eigenvalue weighted by Crippen LogP contribution is -2.42. The predicted molar refractivity (Wildman–Crippen MR) is 96.3 cm³/mol. The molecule has 0 fully saturated rings. The summed E-state index contributed by atoms with van der Waals surface area (Å²) < 4.78 is 18.1. The van der Waals surface area contributed by atoms with Gasteiger partial charge in [0.15, 0.2) is 0 Å². The van der Waals surface area contributed by atoms with Crippen LogP contribution in [0.25, 0.3) is 11.1 Å². The topological polar surface area (TPSA) is 97.1 Å². The number of pyridine rings is 1. The third kappa shape index (κ3) is 4.11. The Labute approximate surface area is 154 Å². The number of amides is 2. The van der Waals surface area contributed by atoms with Crippen LogP contribution in [0.5, 0.6) is 0 Å². The first-order valence-corrected chi connectivity index (χ1v) is 8.45. The summed E-state index contributed by atoms with van der Waals surface area (Å²) in [6, 6.07) is 7.24. The average Bonchev–Trinajstić information content (AvgIpc) is 3.02. The molecule has 2 aromatic heterocycles. The molecule has 0 bridgehead atoms. The standard InChI is InChI=1S/C19H19FN4O3/c1-10(2)15-9-14(17-11(3)24-27-19(17)21-15)18(26)23-22-16(25)8-12-4-6-13(20)7-5-12/h4-7,9-10H,8H2,1-3H3,(H,22,25)(H,23,26). The zero-order valence-corrected chi connectivity index (χ0v) is 15.2. The number of aromatic nitrogens is 2. The number of hydrogen-bond acceptors (Lipinski definition) is 5. The van der Waals surface area contributed by atoms with Gasteiger partial charge in [-0.15, -0.1) is 0 Å². The number of carbonyl (C=O) groups excluding carboxylic acids is 2. The molecule has 0 saturated heterocycles. The second-order valence-electron chi connectivity index (χ2n) is 6.50. The molecule has 0 unspecified atom stereocenters. The number of nitrogens with zero attached hydrogens (tertiary/aromatic N) is 2. The van der Waals surface area contributed by atoms with Crippen molar-refractivity contribution in [1.82, 2.24) is 21.0 Å². The van der Waals surface area contributed by atoms with E-state index in [4.69, 9.17) is 4.52 Å². The lowest BCUT2D eigenvalue weighted by atomic mass is 10.0. The van der Waals surface area contributed by atoms with Crippen LogP contribution in [0.3, 0.4) is 0 Å². The molecule has 0 aliphatic carbocycles. The van der Waals surface area contributed by atoms with E-state index in [1.165, 1.54) is 24.3 Å². The number of benzene rings is 1. The van der Waals surface area contributed by atoms with Gasteiger partial charge in [0.2, 0.25) is 5.91 Å². The van der Waals surface area contributed by atoms with Crippen molar-refractivity contribution >= 4 is 22.9 Å². The van der Waals surface area contributed by atoms with Crippen molar-refractivity contribution in [3.63, 3.8) is 0 Å². The zero-order chi connectivity index (χ0) is 19.6. The minimum Gasteiger partial charge on any atom is -0.336 e. The summed E-state index contributed by atoms with van der Waals surface area (Å²) in [5.74, 6) is -1.21. The van der Waals surface area contributed by atoms with Crippen LogP contribution in [0.4, 0.5) is 4.39 Å². The Morgan fingerprint density at radius 2 is 1.89 bits per heavy atom. The average molecular weight is 370 g/mol. The van der Waals surface area contributed by atoms with E-state index in [2.05, 4.69) is 21.0 Å². The van der Waals surface area contributed by atoms with E-state index in [0.29, 0.717) is 27.9 Å². The molecule has 0 saturated carbocycles. The largest absolute Gasteiger partial charge is 0.336 e. The van der Waals surface area contributed by atoms with Gasteiger partial charge in [0.25, 0.3) is 11.6 Å². The second kappa shape index (κ2) is 7.53. The van der Waals surface area contributed by atoms with Crippen LogP contribution in [-0.2, 0) is 11.2 Å². The van der Waals surface area contributed by atoms with Gasteiger partial charge < -0.3 is 4.52 Å². The number of nitrogens with one attached hydrogen (secondary N) is 2. The fraction of sp³-hybridized carbons (Fsp3) is 0.263. The van der Waals surface area contributed by atoms with E-state index in [-0.39, 0.29) is 23.9 Å². The van der Waals surface area contributed by atoms with Crippen molar-refractivity contribution in [2.45, 2.75) is 33.1 Å². The van der Waals surface area contributed by atoms with Gasteiger partial charge in [-0.05, 0) is 36.6 Å². The molecule has 2 amide bonds. The fourth-order valence-corrected chi connectivity index (χ4v) is 2.61. The van der Waals surface area contributed by atoms with Crippen LogP contribution < -0.4 is 10.9 Å². The van der Waals surface area contributed by atoms with Crippen molar-refractivity contribution in [3.05, 3.63) is 58.7 Å². The van der Waals surface area contributed by atoms with Crippen molar-refractivity contribution < 1.29 is 18.5 Å². The van der Waals surface area contributed by atoms with Gasteiger partial charge in [-0.25, -0.2) is 9.37 Å². The third-order valence-electron chi connectivity index (χ3n) is 4.07. The highest BCUT2D eigenvalue weighted by Gasteiger charge is 2.20. The monoisotopic (exact) mass is 370 g/mol. The van der Waals surface area contributed by atoms with Crippen LogP contribution >= 0.6 is 0 Å². The maximum absolute atomic E-state index is 12.9. The van der Waals surface area contributed by atoms with E-state index in [9.17, 15) is 14.0 Å². The maximum atomic E-state index is 12.9. The minimum absolute atomic E-state index is 0.00978. The van der Waals surface area contributed by atoms with E-state index >= 15 is 0 Å². The first-order valence-electron chi connectivity index (χ1n) is 8.45. The number of rotatable bonds is 4. The molecular formula is C19H19FN4O3. The van der Waals surface area contributed by atoms with Crippen LogP contribution in [-0.4, -0.2) is 22.0 Å². The molecule has 0 spiro atoms. The quantitative estimate of drug-likeness (QED) is 0.689. The Morgan fingerprint density at radius 3 is 2.56 bits per heavy atom. The molecule has 1 aromatic carbocycles. The summed E-state index contributed by atoms with van der Waals surface area (Å²) in [6.45, 7) is 5.61. The fourth-order valence-electron chi connectivity index (χ4n) is 2.61. The normalized spacial score (nSPS) is 11.0. The van der Waals surface area contributed by atoms with E-state index < -0.39 is 11.8 Å². The maximum Gasteiger partial charge on any atom is 0.270 e. The van der Waals surface area contributed by atoms with Crippen molar-refractivity contribution in [2.75, 3.05) is 0 Å².